The molecule has 1 N–H and O–H groups in total. The Morgan fingerprint density at radius 2 is 1.94 bits per heavy atom. The summed E-state index contributed by atoms with van der Waals surface area (Å²) >= 11 is 0. The van der Waals surface area contributed by atoms with Crippen molar-refractivity contribution in [2.24, 2.45) is 0 Å². The fourth-order valence-corrected chi connectivity index (χ4v) is 1.81. The number of hydrogen-bond donors (Lipinski definition) is 1. The zero-order chi connectivity index (χ0) is 13.4. The minimum absolute atomic E-state index is 0.0827. The molecule has 6 heteroatoms. The fourth-order valence-electron chi connectivity index (χ4n) is 1.81. The SMILES string of the molecule is C=C(C)OC(=O)N1C(C)(C)OC[C@@]1(C)C(=O)O. The molecule has 1 aliphatic heterocycles. The molecule has 0 unspecified atom stereocenters. The van der Waals surface area contributed by atoms with Crippen LogP contribution in [0.1, 0.15) is 27.7 Å². The highest BCUT2D eigenvalue weighted by Crippen LogP contribution is 2.35. The number of ether oxygens (including phenoxy) is 2. The topological polar surface area (TPSA) is 76.1 Å². The van der Waals surface area contributed by atoms with Crippen LogP contribution in [0, 0.1) is 0 Å². The van der Waals surface area contributed by atoms with Gasteiger partial charge in [-0.15, -0.1) is 0 Å². The lowest BCUT2D eigenvalue weighted by Gasteiger charge is -2.36. The molecule has 0 radical (unpaired) electrons. The molecule has 0 aromatic rings. The van der Waals surface area contributed by atoms with Crippen LogP contribution in [0.25, 0.3) is 0 Å². The molecule has 0 aliphatic carbocycles. The molecule has 0 aromatic carbocycles. The number of carboxylic acids is 1. The number of allylic oxidation sites excluding steroid dienone is 1. The first-order valence-corrected chi connectivity index (χ1v) is 5.16. The third kappa shape index (κ3) is 2.26. The Labute approximate surface area is 99.8 Å². The summed E-state index contributed by atoms with van der Waals surface area (Å²) in [6.07, 6.45) is -0.773. The van der Waals surface area contributed by atoms with Gasteiger partial charge in [0.2, 0.25) is 0 Å². The minimum atomic E-state index is -1.43. The normalized spacial score (nSPS) is 26.7. The summed E-state index contributed by atoms with van der Waals surface area (Å²) < 4.78 is 10.2. The molecule has 1 heterocycles. The van der Waals surface area contributed by atoms with E-state index in [4.69, 9.17) is 9.47 Å². The minimum Gasteiger partial charge on any atom is -0.479 e. The Kier molecular flexibility index (Phi) is 3.20. The largest absolute Gasteiger partial charge is 0.479 e. The van der Waals surface area contributed by atoms with Crippen LogP contribution in [0.5, 0.6) is 0 Å². The summed E-state index contributed by atoms with van der Waals surface area (Å²) in [7, 11) is 0. The highest BCUT2D eigenvalue weighted by Gasteiger charge is 2.57. The summed E-state index contributed by atoms with van der Waals surface area (Å²) in [5.41, 5.74) is -2.46. The number of carboxylic acid groups (broad SMARTS) is 1. The first-order valence-electron chi connectivity index (χ1n) is 5.16. The monoisotopic (exact) mass is 243 g/mol. The van der Waals surface area contributed by atoms with Crippen molar-refractivity contribution in [1.82, 2.24) is 4.90 Å². The van der Waals surface area contributed by atoms with Crippen LogP contribution >= 0.6 is 0 Å². The quantitative estimate of drug-likeness (QED) is 0.745. The molecule has 0 spiro atoms. The van der Waals surface area contributed by atoms with Gasteiger partial charge in [-0.05, 0) is 27.7 Å². The van der Waals surface area contributed by atoms with E-state index in [0.717, 1.165) is 4.90 Å². The van der Waals surface area contributed by atoms with Gasteiger partial charge in [0.15, 0.2) is 5.54 Å². The van der Waals surface area contributed by atoms with Crippen LogP contribution in [-0.4, -0.2) is 39.9 Å². The van der Waals surface area contributed by atoms with Gasteiger partial charge in [0, 0.05) is 0 Å². The molecule has 1 rings (SSSR count). The van der Waals surface area contributed by atoms with E-state index in [0.29, 0.717) is 0 Å². The number of carbonyl (C=O) groups is 2. The van der Waals surface area contributed by atoms with Crippen molar-refractivity contribution in [3.63, 3.8) is 0 Å². The Morgan fingerprint density at radius 3 is 2.35 bits per heavy atom. The molecule has 1 aliphatic rings. The van der Waals surface area contributed by atoms with Gasteiger partial charge in [-0.2, -0.15) is 0 Å². The van der Waals surface area contributed by atoms with Crippen LogP contribution in [-0.2, 0) is 14.3 Å². The standard InChI is InChI=1S/C11H17NO5/c1-7(2)17-9(15)12-10(3,4)16-6-11(12,5)8(13)14/h1,6H2,2-5H3,(H,13,14)/t11-/m0/s1. The van der Waals surface area contributed by atoms with Crippen LogP contribution in [0.2, 0.25) is 0 Å². The van der Waals surface area contributed by atoms with Crippen LogP contribution in [0.15, 0.2) is 12.3 Å². The van der Waals surface area contributed by atoms with E-state index in [1.165, 1.54) is 13.8 Å². The highest BCUT2D eigenvalue weighted by molar-refractivity contribution is 5.85. The van der Waals surface area contributed by atoms with E-state index in [9.17, 15) is 14.7 Å². The lowest BCUT2D eigenvalue weighted by molar-refractivity contribution is -0.148. The zero-order valence-corrected chi connectivity index (χ0v) is 10.4. The molecule has 96 valence electrons. The molecule has 6 nitrogen and oxygen atoms in total. The zero-order valence-electron chi connectivity index (χ0n) is 10.4. The lowest BCUT2D eigenvalue weighted by Crippen LogP contribution is -2.58. The maximum Gasteiger partial charge on any atom is 0.418 e. The average Bonchev–Trinajstić information content (AvgIpc) is 2.37. The van der Waals surface area contributed by atoms with Crippen molar-refractivity contribution >= 4 is 12.1 Å². The van der Waals surface area contributed by atoms with Crippen LogP contribution in [0.3, 0.4) is 0 Å². The van der Waals surface area contributed by atoms with Gasteiger partial charge < -0.3 is 14.6 Å². The van der Waals surface area contributed by atoms with E-state index in [1.807, 2.05) is 0 Å². The predicted molar refractivity (Wildman–Crippen MR) is 59.2 cm³/mol. The van der Waals surface area contributed by atoms with Gasteiger partial charge >= 0.3 is 12.1 Å². The van der Waals surface area contributed by atoms with Crippen molar-refractivity contribution < 1.29 is 24.2 Å². The van der Waals surface area contributed by atoms with E-state index in [2.05, 4.69) is 6.58 Å². The van der Waals surface area contributed by atoms with Gasteiger partial charge in [-0.1, -0.05) is 6.58 Å². The number of amides is 1. The molecule has 0 aromatic heterocycles. The lowest BCUT2D eigenvalue weighted by atomic mass is 10.0. The Hall–Kier alpha value is -1.56. The second-order valence-corrected chi connectivity index (χ2v) is 4.72. The van der Waals surface area contributed by atoms with Gasteiger partial charge in [-0.3, -0.25) is 4.90 Å². The molecule has 0 bridgehead atoms. The van der Waals surface area contributed by atoms with Gasteiger partial charge in [0.05, 0.1) is 12.4 Å². The summed E-state index contributed by atoms with van der Waals surface area (Å²) in [6.45, 7) is 9.52. The summed E-state index contributed by atoms with van der Waals surface area (Å²) in [5, 5.41) is 9.21. The number of nitrogens with zero attached hydrogens (tertiary/aromatic N) is 1. The molecule has 1 amide bonds. The average molecular weight is 243 g/mol. The van der Waals surface area contributed by atoms with Crippen LogP contribution < -0.4 is 0 Å². The maximum absolute atomic E-state index is 11.9. The molecule has 1 fully saturated rings. The second-order valence-electron chi connectivity index (χ2n) is 4.72. The van der Waals surface area contributed by atoms with Crippen molar-refractivity contribution in [2.45, 2.75) is 39.0 Å². The summed E-state index contributed by atoms with van der Waals surface area (Å²) in [4.78, 5) is 24.2. The molecule has 0 saturated carbocycles. The molecule has 1 atom stereocenters. The van der Waals surface area contributed by atoms with Crippen molar-refractivity contribution in [2.75, 3.05) is 6.61 Å². The number of rotatable bonds is 2. The summed E-state index contributed by atoms with van der Waals surface area (Å²) in [5.74, 6) is -0.938. The molecule has 1 saturated heterocycles. The molecular formula is C11H17NO5. The number of carbonyl (C=O) groups excluding carboxylic acids is 1. The Balaban J connectivity index is 3.09. The number of aliphatic carboxylic acids is 1. The third-order valence-electron chi connectivity index (χ3n) is 2.64. The van der Waals surface area contributed by atoms with E-state index in [1.54, 1.807) is 13.8 Å². The fraction of sp³-hybridized carbons (Fsp3) is 0.636. The molecular weight excluding hydrogens is 226 g/mol. The van der Waals surface area contributed by atoms with Gasteiger partial charge in [-0.25, -0.2) is 9.59 Å². The van der Waals surface area contributed by atoms with Gasteiger partial charge in [0.25, 0.3) is 0 Å². The number of hydrogen-bond acceptors (Lipinski definition) is 4. The van der Waals surface area contributed by atoms with Crippen LogP contribution in [0.4, 0.5) is 4.79 Å². The second kappa shape index (κ2) is 4.03. The van der Waals surface area contributed by atoms with Crippen molar-refractivity contribution in [1.29, 1.82) is 0 Å². The summed E-state index contributed by atoms with van der Waals surface area (Å²) in [6, 6.07) is 0. The Bertz CT molecular complexity index is 376. The highest BCUT2D eigenvalue weighted by atomic mass is 16.6. The predicted octanol–water partition coefficient (Wildman–Crippen LogP) is 1.57. The van der Waals surface area contributed by atoms with E-state index in [-0.39, 0.29) is 12.4 Å². The van der Waals surface area contributed by atoms with E-state index >= 15 is 0 Å². The maximum atomic E-state index is 11.9. The third-order valence-corrected chi connectivity index (χ3v) is 2.64. The first kappa shape index (κ1) is 13.5. The van der Waals surface area contributed by atoms with Gasteiger partial charge in [0.1, 0.15) is 5.72 Å². The van der Waals surface area contributed by atoms with E-state index < -0.39 is 23.3 Å². The molecule has 17 heavy (non-hydrogen) atoms. The van der Waals surface area contributed by atoms with Crippen molar-refractivity contribution in [3.8, 4) is 0 Å². The Morgan fingerprint density at radius 1 is 1.41 bits per heavy atom. The smallest absolute Gasteiger partial charge is 0.418 e. The van der Waals surface area contributed by atoms with Crippen molar-refractivity contribution in [3.05, 3.63) is 12.3 Å². The first-order chi connectivity index (χ1) is 7.61.